The highest BCUT2D eigenvalue weighted by Gasteiger charge is 2.03. The predicted molar refractivity (Wildman–Crippen MR) is 93.5 cm³/mol. The zero-order valence-corrected chi connectivity index (χ0v) is 13.5. The van der Waals surface area contributed by atoms with Crippen molar-refractivity contribution in [3.8, 4) is 0 Å². The lowest BCUT2D eigenvalue weighted by Crippen LogP contribution is -2.02. The number of hydrogen-bond acceptors (Lipinski definition) is 5. The first-order valence-electron chi connectivity index (χ1n) is 7.48. The topological polar surface area (TPSA) is 62.7 Å². The molecule has 0 amide bonds. The molecule has 0 aliphatic carbocycles. The van der Waals surface area contributed by atoms with E-state index in [2.05, 4.69) is 51.8 Å². The van der Waals surface area contributed by atoms with Gasteiger partial charge in [-0.1, -0.05) is 18.2 Å². The van der Waals surface area contributed by atoms with Crippen molar-refractivity contribution >= 4 is 23.1 Å². The second-order valence-electron chi connectivity index (χ2n) is 5.58. The fourth-order valence-corrected chi connectivity index (χ4v) is 2.24. The van der Waals surface area contributed by atoms with Crippen molar-refractivity contribution < 1.29 is 0 Å². The summed E-state index contributed by atoms with van der Waals surface area (Å²) in [6.45, 7) is 6.22. The first-order chi connectivity index (χ1) is 11.1. The minimum absolute atomic E-state index is 0.462. The molecule has 2 N–H and O–H groups in total. The molecular formula is C18H19N5. The Bertz CT molecular complexity index is 829. The molecule has 3 rings (SSSR count). The van der Waals surface area contributed by atoms with Crippen LogP contribution < -0.4 is 10.6 Å². The molecule has 23 heavy (non-hydrogen) atoms. The van der Waals surface area contributed by atoms with Gasteiger partial charge in [0.1, 0.15) is 0 Å². The molecule has 0 unspecified atom stereocenters. The first-order valence-corrected chi connectivity index (χ1v) is 7.48. The quantitative estimate of drug-likeness (QED) is 0.753. The van der Waals surface area contributed by atoms with Crippen molar-refractivity contribution in [2.45, 2.75) is 20.8 Å². The van der Waals surface area contributed by atoms with Crippen molar-refractivity contribution in [1.29, 1.82) is 0 Å². The summed E-state index contributed by atoms with van der Waals surface area (Å²) in [5.41, 5.74) is 5.59. The summed E-state index contributed by atoms with van der Waals surface area (Å²) in [6, 6.07) is 14.2. The largest absolute Gasteiger partial charge is 0.339 e. The van der Waals surface area contributed by atoms with Gasteiger partial charge in [0.15, 0.2) is 5.82 Å². The van der Waals surface area contributed by atoms with Crippen LogP contribution >= 0.6 is 0 Å². The Hall–Kier alpha value is -2.95. The number of aromatic nitrogens is 3. The van der Waals surface area contributed by atoms with E-state index in [0.29, 0.717) is 11.8 Å². The summed E-state index contributed by atoms with van der Waals surface area (Å²) in [5.74, 6) is 1.11. The van der Waals surface area contributed by atoms with Gasteiger partial charge in [-0.05, 0) is 61.7 Å². The molecule has 0 bridgehead atoms. The Labute approximate surface area is 135 Å². The van der Waals surface area contributed by atoms with Crippen LogP contribution in [0.5, 0.6) is 0 Å². The number of aryl methyl sites for hydroxylation is 3. The molecule has 116 valence electrons. The summed E-state index contributed by atoms with van der Waals surface area (Å²) in [5, 5.41) is 14.4. The molecule has 5 nitrogen and oxygen atoms in total. The van der Waals surface area contributed by atoms with Crippen LogP contribution in [-0.4, -0.2) is 15.2 Å². The van der Waals surface area contributed by atoms with Gasteiger partial charge in [-0.25, -0.2) is 0 Å². The maximum absolute atomic E-state index is 4.45. The number of nitrogens with one attached hydrogen (secondary N) is 2. The summed E-state index contributed by atoms with van der Waals surface area (Å²) in [6.07, 6.45) is 1.61. The van der Waals surface area contributed by atoms with Gasteiger partial charge >= 0.3 is 0 Å². The number of rotatable bonds is 4. The van der Waals surface area contributed by atoms with E-state index >= 15 is 0 Å². The third-order valence-electron chi connectivity index (χ3n) is 3.61. The molecule has 0 aliphatic heterocycles. The van der Waals surface area contributed by atoms with Crippen LogP contribution in [0.4, 0.5) is 23.1 Å². The molecule has 0 aliphatic rings. The fraction of sp³-hybridized carbons (Fsp3) is 0.167. The van der Waals surface area contributed by atoms with E-state index in [1.165, 1.54) is 16.7 Å². The lowest BCUT2D eigenvalue weighted by molar-refractivity contribution is 0.982. The summed E-state index contributed by atoms with van der Waals surface area (Å²) in [4.78, 5) is 4.45. The third kappa shape index (κ3) is 3.83. The van der Waals surface area contributed by atoms with E-state index in [1.54, 1.807) is 6.20 Å². The minimum Gasteiger partial charge on any atom is -0.339 e. The van der Waals surface area contributed by atoms with Crippen LogP contribution in [0.25, 0.3) is 0 Å². The fourth-order valence-electron chi connectivity index (χ4n) is 2.24. The number of hydrogen-bond donors (Lipinski definition) is 2. The van der Waals surface area contributed by atoms with E-state index in [-0.39, 0.29) is 0 Å². The maximum Gasteiger partial charge on any atom is 0.249 e. The Morgan fingerprint density at radius 2 is 1.65 bits per heavy atom. The van der Waals surface area contributed by atoms with Crippen molar-refractivity contribution in [3.05, 3.63) is 65.4 Å². The minimum atomic E-state index is 0.462. The Balaban J connectivity index is 1.78. The van der Waals surface area contributed by atoms with Crippen LogP contribution in [0.15, 0.2) is 48.7 Å². The average Bonchev–Trinajstić information content (AvgIpc) is 2.51. The zero-order valence-electron chi connectivity index (χ0n) is 13.5. The van der Waals surface area contributed by atoms with Crippen LogP contribution in [0.3, 0.4) is 0 Å². The standard InChI is InChI=1S/C18H19N5/c1-12-5-4-6-15(9-12)21-18-22-17(11-19-23-18)20-16-8-7-13(2)14(3)10-16/h4-11H,1-3H3,(H2,20,21,22,23). The smallest absolute Gasteiger partial charge is 0.249 e. The number of benzene rings is 2. The van der Waals surface area contributed by atoms with Gasteiger partial charge in [-0.3, -0.25) is 0 Å². The molecule has 0 atom stereocenters. The van der Waals surface area contributed by atoms with E-state index in [1.807, 2.05) is 37.3 Å². The van der Waals surface area contributed by atoms with Gasteiger partial charge in [0.05, 0.1) is 6.20 Å². The highest BCUT2D eigenvalue weighted by molar-refractivity contribution is 5.60. The van der Waals surface area contributed by atoms with Crippen LogP contribution in [0.2, 0.25) is 0 Å². The van der Waals surface area contributed by atoms with Gasteiger partial charge < -0.3 is 10.6 Å². The van der Waals surface area contributed by atoms with E-state index in [0.717, 1.165) is 11.4 Å². The van der Waals surface area contributed by atoms with Gasteiger partial charge in [0.2, 0.25) is 5.95 Å². The molecular weight excluding hydrogens is 286 g/mol. The summed E-state index contributed by atoms with van der Waals surface area (Å²) >= 11 is 0. The van der Waals surface area contributed by atoms with Gasteiger partial charge in [0, 0.05) is 11.4 Å². The van der Waals surface area contributed by atoms with Crippen LogP contribution in [-0.2, 0) is 0 Å². The predicted octanol–water partition coefficient (Wildman–Crippen LogP) is 4.28. The average molecular weight is 305 g/mol. The third-order valence-corrected chi connectivity index (χ3v) is 3.61. The van der Waals surface area contributed by atoms with Crippen molar-refractivity contribution in [3.63, 3.8) is 0 Å². The molecule has 0 spiro atoms. The maximum atomic E-state index is 4.45. The van der Waals surface area contributed by atoms with Gasteiger partial charge in [-0.2, -0.15) is 10.1 Å². The molecule has 0 radical (unpaired) electrons. The Morgan fingerprint density at radius 3 is 2.43 bits per heavy atom. The second kappa shape index (κ2) is 6.44. The van der Waals surface area contributed by atoms with Crippen LogP contribution in [0, 0.1) is 20.8 Å². The highest BCUT2D eigenvalue weighted by atomic mass is 15.3. The summed E-state index contributed by atoms with van der Waals surface area (Å²) in [7, 11) is 0. The van der Waals surface area contributed by atoms with Crippen molar-refractivity contribution in [1.82, 2.24) is 15.2 Å². The molecule has 0 saturated heterocycles. The molecule has 2 aromatic carbocycles. The molecule has 1 aromatic heterocycles. The van der Waals surface area contributed by atoms with Crippen molar-refractivity contribution in [2.24, 2.45) is 0 Å². The van der Waals surface area contributed by atoms with Crippen LogP contribution in [0.1, 0.15) is 16.7 Å². The zero-order chi connectivity index (χ0) is 16.2. The van der Waals surface area contributed by atoms with Gasteiger partial charge in [-0.15, -0.1) is 5.10 Å². The Kier molecular flexibility index (Phi) is 4.19. The molecule has 5 heteroatoms. The number of nitrogens with zero attached hydrogens (tertiary/aromatic N) is 3. The van der Waals surface area contributed by atoms with E-state index in [9.17, 15) is 0 Å². The van der Waals surface area contributed by atoms with Crippen molar-refractivity contribution in [2.75, 3.05) is 10.6 Å². The SMILES string of the molecule is Cc1cccc(Nc2nncc(Nc3ccc(C)c(C)c3)n2)c1. The van der Waals surface area contributed by atoms with E-state index < -0.39 is 0 Å². The second-order valence-corrected chi connectivity index (χ2v) is 5.58. The summed E-state index contributed by atoms with van der Waals surface area (Å²) < 4.78 is 0. The molecule has 0 fully saturated rings. The van der Waals surface area contributed by atoms with Gasteiger partial charge in [0.25, 0.3) is 0 Å². The first kappa shape index (κ1) is 15.0. The Morgan fingerprint density at radius 1 is 0.826 bits per heavy atom. The lowest BCUT2D eigenvalue weighted by Gasteiger charge is -2.09. The molecule has 3 aromatic rings. The monoisotopic (exact) mass is 305 g/mol. The highest BCUT2D eigenvalue weighted by Crippen LogP contribution is 2.19. The molecule has 1 heterocycles. The van der Waals surface area contributed by atoms with E-state index in [4.69, 9.17) is 0 Å². The normalized spacial score (nSPS) is 10.4. The molecule has 0 saturated carbocycles. The lowest BCUT2D eigenvalue weighted by atomic mass is 10.1. The number of anilines is 4.